The molecule has 0 aromatic heterocycles. The van der Waals surface area contributed by atoms with E-state index in [1.165, 1.54) is 58.5 Å². The van der Waals surface area contributed by atoms with E-state index in [-0.39, 0.29) is 5.97 Å². The van der Waals surface area contributed by atoms with Gasteiger partial charge in [-0.3, -0.25) is 9.69 Å². The summed E-state index contributed by atoms with van der Waals surface area (Å²) in [6, 6.07) is 1.26. The maximum atomic E-state index is 11.6. The zero-order chi connectivity index (χ0) is 15.1. The van der Waals surface area contributed by atoms with Crippen LogP contribution in [0.3, 0.4) is 0 Å². The number of methoxy groups -OCH3 is 1. The first kappa shape index (κ1) is 16.8. The van der Waals surface area contributed by atoms with Gasteiger partial charge in [-0.05, 0) is 31.6 Å². The van der Waals surface area contributed by atoms with Crippen LogP contribution in [-0.4, -0.2) is 49.7 Å². The molecule has 2 unspecified atom stereocenters. The number of hydrogen-bond donors (Lipinski definition) is 1. The van der Waals surface area contributed by atoms with Crippen molar-refractivity contribution in [3.05, 3.63) is 0 Å². The van der Waals surface area contributed by atoms with E-state index in [1.807, 2.05) is 0 Å². The van der Waals surface area contributed by atoms with Crippen molar-refractivity contribution >= 4 is 5.97 Å². The van der Waals surface area contributed by atoms with Crippen molar-refractivity contribution in [3.63, 3.8) is 0 Å². The molecular formula is C17H32N2O2. The SMILES string of the molecule is CCCCC1CC(NC2CCCC2)CN(CC(=O)OC)C1. The van der Waals surface area contributed by atoms with Crippen LogP contribution in [0.2, 0.25) is 0 Å². The molecule has 0 bridgehead atoms. The predicted octanol–water partition coefficient (Wildman–Crippen LogP) is 2.57. The molecule has 1 aliphatic heterocycles. The molecule has 2 rings (SSSR count). The standard InChI is InChI=1S/C17H32N2O2/c1-3-4-7-14-10-16(18-15-8-5-6-9-15)12-19(11-14)13-17(20)21-2/h14-16,18H,3-13H2,1-2H3. The van der Waals surface area contributed by atoms with Crippen LogP contribution >= 0.6 is 0 Å². The van der Waals surface area contributed by atoms with Crippen LogP contribution in [0.1, 0.15) is 58.3 Å². The Bertz CT molecular complexity index is 316. The number of ether oxygens (including phenoxy) is 1. The summed E-state index contributed by atoms with van der Waals surface area (Å²) >= 11 is 0. The van der Waals surface area contributed by atoms with E-state index in [2.05, 4.69) is 17.1 Å². The van der Waals surface area contributed by atoms with E-state index in [1.54, 1.807) is 0 Å². The zero-order valence-electron chi connectivity index (χ0n) is 13.8. The zero-order valence-corrected chi connectivity index (χ0v) is 13.8. The monoisotopic (exact) mass is 296 g/mol. The van der Waals surface area contributed by atoms with Gasteiger partial charge in [-0.15, -0.1) is 0 Å². The molecule has 0 radical (unpaired) electrons. The van der Waals surface area contributed by atoms with Crippen LogP contribution in [-0.2, 0) is 9.53 Å². The molecule has 21 heavy (non-hydrogen) atoms. The molecule has 1 saturated carbocycles. The van der Waals surface area contributed by atoms with Gasteiger partial charge in [-0.25, -0.2) is 0 Å². The van der Waals surface area contributed by atoms with E-state index in [0.29, 0.717) is 18.6 Å². The fourth-order valence-electron chi connectivity index (χ4n) is 3.93. The third-order valence-corrected chi connectivity index (χ3v) is 4.99. The highest BCUT2D eigenvalue weighted by molar-refractivity contribution is 5.71. The minimum atomic E-state index is -0.106. The van der Waals surface area contributed by atoms with Crippen LogP contribution in [0, 0.1) is 5.92 Å². The fraction of sp³-hybridized carbons (Fsp3) is 0.941. The summed E-state index contributed by atoms with van der Waals surface area (Å²) in [5.41, 5.74) is 0. The lowest BCUT2D eigenvalue weighted by Crippen LogP contribution is -2.52. The first-order chi connectivity index (χ1) is 10.2. The lowest BCUT2D eigenvalue weighted by atomic mass is 9.89. The third-order valence-electron chi connectivity index (χ3n) is 4.99. The molecule has 0 aromatic carbocycles. The summed E-state index contributed by atoms with van der Waals surface area (Å²) in [7, 11) is 1.48. The predicted molar refractivity (Wildman–Crippen MR) is 85.3 cm³/mol. The van der Waals surface area contributed by atoms with Crippen LogP contribution in [0.5, 0.6) is 0 Å². The molecule has 0 spiro atoms. The Morgan fingerprint density at radius 1 is 1.24 bits per heavy atom. The molecule has 2 fully saturated rings. The minimum absolute atomic E-state index is 0.106. The van der Waals surface area contributed by atoms with Gasteiger partial charge >= 0.3 is 5.97 Å². The minimum Gasteiger partial charge on any atom is -0.468 e. The van der Waals surface area contributed by atoms with Crippen molar-refractivity contribution in [2.75, 3.05) is 26.7 Å². The molecule has 1 aliphatic carbocycles. The van der Waals surface area contributed by atoms with Gasteiger partial charge in [0.25, 0.3) is 0 Å². The van der Waals surface area contributed by atoms with Crippen molar-refractivity contribution in [2.24, 2.45) is 5.92 Å². The second kappa shape index (κ2) is 8.74. The first-order valence-electron chi connectivity index (χ1n) is 8.76. The summed E-state index contributed by atoms with van der Waals surface area (Å²) in [5.74, 6) is 0.619. The second-order valence-corrected chi connectivity index (χ2v) is 6.86. The quantitative estimate of drug-likeness (QED) is 0.733. The number of rotatable bonds is 7. The average molecular weight is 296 g/mol. The summed E-state index contributed by atoms with van der Waals surface area (Å²) in [6.45, 7) is 4.75. The smallest absolute Gasteiger partial charge is 0.319 e. The van der Waals surface area contributed by atoms with Crippen molar-refractivity contribution in [3.8, 4) is 0 Å². The van der Waals surface area contributed by atoms with Crippen molar-refractivity contribution in [1.82, 2.24) is 10.2 Å². The summed E-state index contributed by atoms with van der Waals surface area (Å²) < 4.78 is 4.84. The Labute approximate surface area is 129 Å². The largest absolute Gasteiger partial charge is 0.468 e. The Morgan fingerprint density at radius 2 is 2.00 bits per heavy atom. The lowest BCUT2D eigenvalue weighted by Gasteiger charge is -2.39. The molecule has 1 N–H and O–H groups in total. The van der Waals surface area contributed by atoms with E-state index in [9.17, 15) is 4.79 Å². The molecule has 4 heteroatoms. The molecule has 2 atom stereocenters. The van der Waals surface area contributed by atoms with Crippen molar-refractivity contribution < 1.29 is 9.53 Å². The van der Waals surface area contributed by atoms with Gasteiger partial charge in [0.1, 0.15) is 0 Å². The maximum Gasteiger partial charge on any atom is 0.319 e. The first-order valence-corrected chi connectivity index (χ1v) is 8.76. The average Bonchev–Trinajstić information content (AvgIpc) is 2.97. The lowest BCUT2D eigenvalue weighted by molar-refractivity contribution is -0.142. The van der Waals surface area contributed by atoms with E-state index in [4.69, 9.17) is 4.74 Å². The van der Waals surface area contributed by atoms with Gasteiger partial charge in [0.05, 0.1) is 13.7 Å². The fourth-order valence-corrected chi connectivity index (χ4v) is 3.93. The number of carbonyl (C=O) groups is 1. The normalized spacial score (nSPS) is 27.9. The Morgan fingerprint density at radius 3 is 2.67 bits per heavy atom. The number of nitrogens with one attached hydrogen (secondary N) is 1. The highest BCUT2D eigenvalue weighted by Crippen LogP contribution is 2.25. The van der Waals surface area contributed by atoms with Crippen LogP contribution < -0.4 is 5.32 Å². The number of piperidine rings is 1. The molecule has 0 amide bonds. The molecule has 122 valence electrons. The van der Waals surface area contributed by atoms with Crippen LogP contribution in [0.25, 0.3) is 0 Å². The molecule has 1 saturated heterocycles. The topological polar surface area (TPSA) is 41.6 Å². The highest BCUT2D eigenvalue weighted by Gasteiger charge is 2.30. The van der Waals surface area contributed by atoms with Crippen molar-refractivity contribution in [2.45, 2.75) is 70.4 Å². The van der Waals surface area contributed by atoms with E-state index < -0.39 is 0 Å². The van der Waals surface area contributed by atoms with Gasteiger partial charge < -0.3 is 10.1 Å². The summed E-state index contributed by atoms with van der Waals surface area (Å²) in [5, 5.41) is 3.85. The van der Waals surface area contributed by atoms with Gasteiger partial charge in [0, 0.05) is 25.2 Å². The molecular weight excluding hydrogens is 264 g/mol. The number of unbranched alkanes of at least 4 members (excludes halogenated alkanes) is 1. The maximum absolute atomic E-state index is 11.6. The number of esters is 1. The Balaban J connectivity index is 1.86. The molecule has 1 heterocycles. The highest BCUT2D eigenvalue weighted by atomic mass is 16.5. The Hall–Kier alpha value is -0.610. The van der Waals surface area contributed by atoms with E-state index >= 15 is 0 Å². The number of carbonyl (C=O) groups excluding carboxylic acids is 1. The van der Waals surface area contributed by atoms with Gasteiger partial charge in [-0.2, -0.15) is 0 Å². The van der Waals surface area contributed by atoms with Crippen LogP contribution in [0.15, 0.2) is 0 Å². The Kier molecular flexibility index (Phi) is 6.97. The van der Waals surface area contributed by atoms with Crippen molar-refractivity contribution in [1.29, 1.82) is 0 Å². The summed E-state index contributed by atoms with van der Waals surface area (Å²) in [6.07, 6.45) is 10.5. The molecule has 2 aliphatic rings. The molecule has 0 aromatic rings. The second-order valence-electron chi connectivity index (χ2n) is 6.86. The van der Waals surface area contributed by atoms with E-state index in [0.717, 1.165) is 19.0 Å². The number of hydrogen-bond acceptors (Lipinski definition) is 4. The van der Waals surface area contributed by atoms with Crippen LogP contribution in [0.4, 0.5) is 0 Å². The van der Waals surface area contributed by atoms with Gasteiger partial charge in [0.2, 0.25) is 0 Å². The van der Waals surface area contributed by atoms with Gasteiger partial charge in [0.15, 0.2) is 0 Å². The van der Waals surface area contributed by atoms with Gasteiger partial charge in [-0.1, -0.05) is 32.6 Å². The summed E-state index contributed by atoms with van der Waals surface area (Å²) in [4.78, 5) is 13.9. The molecule has 4 nitrogen and oxygen atoms in total. The number of nitrogens with zero attached hydrogens (tertiary/aromatic N) is 1. The number of likely N-dealkylation sites (tertiary alicyclic amines) is 1. The third kappa shape index (κ3) is 5.59.